The topological polar surface area (TPSA) is 66.0 Å². The zero-order valence-electron chi connectivity index (χ0n) is 19.6. The van der Waals surface area contributed by atoms with Crippen LogP contribution < -0.4 is 15.4 Å². The molecule has 2 aromatic carbocycles. The first-order valence-electron chi connectivity index (χ1n) is 10.8. The zero-order chi connectivity index (χ0) is 25.4. The minimum absolute atomic E-state index is 0.0478. The number of guanidine groups is 1. The van der Waals surface area contributed by atoms with Crippen LogP contribution in [0.5, 0.6) is 5.75 Å². The maximum Gasteiger partial charge on any atom is 0.258 e. The van der Waals surface area contributed by atoms with Gasteiger partial charge in [-0.15, -0.1) is 0 Å². The number of rotatable bonds is 5. The number of aliphatic imine (C=N–C) groups is 1. The Morgan fingerprint density at radius 1 is 1.14 bits per heavy atom. The van der Waals surface area contributed by atoms with Crippen LogP contribution in [-0.4, -0.2) is 37.0 Å². The monoisotopic (exact) mass is 488 g/mol. The van der Waals surface area contributed by atoms with Crippen LogP contribution >= 0.6 is 0 Å². The fraction of sp³-hybridized carbons (Fsp3) is 0.280. The van der Waals surface area contributed by atoms with E-state index in [1.807, 2.05) is 25.1 Å². The van der Waals surface area contributed by atoms with Gasteiger partial charge in [-0.25, -0.2) is 22.6 Å². The molecule has 2 aliphatic rings. The highest BCUT2D eigenvalue weighted by atomic mass is 19.2. The fourth-order valence-electron chi connectivity index (χ4n) is 4.08. The largest absolute Gasteiger partial charge is 0.494 e. The van der Waals surface area contributed by atoms with Crippen LogP contribution in [0.1, 0.15) is 24.5 Å². The summed E-state index contributed by atoms with van der Waals surface area (Å²) in [6.45, 7) is 3.07. The third-order valence-electron chi connectivity index (χ3n) is 6.01. The van der Waals surface area contributed by atoms with Gasteiger partial charge in [0.15, 0.2) is 29.0 Å². The molecule has 35 heavy (non-hydrogen) atoms. The number of nitrogens with zero attached hydrogens (tertiary/aromatic N) is 2. The van der Waals surface area contributed by atoms with E-state index in [4.69, 9.17) is 4.74 Å². The van der Waals surface area contributed by atoms with Gasteiger partial charge in [-0.1, -0.05) is 0 Å². The lowest BCUT2D eigenvalue weighted by molar-refractivity contribution is -0.116. The molecule has 0 aromatic heterocycles. The zero-order valence-corrected chi connectivity index (χ0v) is 19.6. The number of nitrogens with one attached hydrogen (secondary N) is 2. The molecule has 10 heteroatoms. The van der Waals surface area contributed by atoms with Crippen molar-refractivity contribution < 1.29 is 27.1 Å². The Hall–Kier alpha value is -3.82. The molecule has 0 unspecified atom stereocenters. The highest BCUT2D eigenvalue weighted by molar-refractivity contribution is 6.12. The molecule has 4 rings (SSSR count). The van der Waals surface area contributed by atoms with Gasteiger partial charge in [-0.3, -0.25) is 10.1 Å². The third kappa shape index (κ3) is 4.87. The Labute approximate surface area is 200 Å². The van der Waals surface area contributed by atoms with Crippen LogP contribution in [-0.2, 0) is 11.3 Å². The predicted molar refractivity (Wildman–Crippen MR) is 124 cm³/mol. The minimum atomic E-state index is -1.58. The average Bonchev–Trinajstić information content (AvgIpc) is 3.60. The van der Waals surface area contributed by atoms with Crippen molar-refractivity contribution in [2.75, 3.05) is 19.5 Å². The van der Waals surface area contributed by atoms with Gasteiger partial charge in [0.1, 0.15) is 0 Å². The number of likely N-dealkylation sites (N-methyl/N-ethyl adjacent to an activating group) is 1. The van der Waals surface area contributed by atoms with Gasteiger partial charge in [0.05, 0.1) is 19.7 Å². The van der Waals surface area contributed by atoms with Gasteiger partial charge < -0.3 is 15.0 Å². The molecule has 1 saturated carbocycles. The second-order valence-corrected chi connectivity index (χ2v) is 8.47. The Morgan fingerprint density at radius 2 is 1.83 bits per heavy atom. The Balaban J connectivity index is 1.64. The van der Waals surface area contributed by atoms with E-state index in [1.165, 1.54) is 20.1 Å². The summed E-state index contributed by atoms with van der Waals surface area (Å²) in [4.78, 5) is 19.4. The summed E-state index contributed by atoms with van der Waals surface area (Å²) in [6, 6.07) is 4.79. The number of anilines is 1. The van der Waals surface area contributed by atoms with E-state index in [2.05, 4.69) is 15.6 Å². The second-order valence-electron chi connectivity index (χ2n) is 8.47. The van der Waals surface area contributed by atoms with Crippen molar-refractivity contribution in [3.05, 3.63) is 81.6 Å². The molecule has 2 aromatic rings. The number of halogens is 4. The van der Waals surface area contributed by atoms with Crippen molar-refractivity contribution in [2.45, 2.75) is 32.9 Å². The molecule has 1 aliphatic heterocycles. The number of hydrogen-bond acceptors (Lipinski definition) is 4. The van der Waals surface area contributed by atoms with Gasteiger partial charge >= 0.3 is 0 Å². The van der Waals surface area contributed by atoms with Crippen molar-refractivity contribution in [3.8, 4) is 5.75 Å². The molecular weight excluding hydrogens is 464 g/mol. The summed E-state index contributed by atoms with van der Waals surface area (Å²) >= 11 is 0. The Kier molecular flexibility index (Phi) is 6.56. The lowest BCUT2D eigenvalue weighted by Crippen LogP contribution is -2.38. The highest BCUT2D eigenvalue weighted by Gasteiger charge is 2.41. The minimum Gasteiger partial charge on any atom is -0.494 e. The highest BCUT2D eigenvalue weighted by Crippen LogP contribution is 2.43. The van der Waals surface area contributed by atoms with Crippen LogP contribution in [0.25, 0.3) is 0 Å². The lowest BCUT2D eigenvalue weighted by Gasteiger charge is -2.21. The second kappa shape index (κ2) is 9.44. The molecule has 1 heterocycles. The summed E-state index contributed by atoms with van der Waals surface area (Å²) in [7, 11) is 3.28. The SMILES string of the molecule is COc1ccc(NC(=NCc2cc(F)c(F)c(F)c2)NC(=O)C2=C3C[C@@H]3N(C)C=C2C)c(C)c1F. The van der Waals surface area contributed by atoms with E-state index in [-0.39, 0.29) is 35.4 Å². The standard InChI is InChI=1S/C25H24F4N4O2/c1-12-11-33(3)19-9-15(19)21(12)24(34)32-25(30-10-14-7-16(26)23(29)17(27)8-14)31-18-5-6-20(35-4)22(28)13(18)2/h5-8,11,19H,9-10H2,1-4H3,(H2,30,31,32,34)/t19-/m0/s1. The number of methoxy groups -OCH3 is 1. The maximum atomic E-state index is 14.6. The smallest absolute Gasteiger partial charge is 0.258 e. The van der Waals surface area contributed by atoms with Crippen molar-refractivity contribution in [3.63, 3.8) is 0 Å². The molecule has 0 saturated heterocycles. The molecule has 1 aliphatic carbocycles. The van der Waals surface area contributed by atoms with Crippen LogP contribution in [0, 0.1) is 30.2 Å². The predicted octanol–water partition coefficient (Wildman–Crippen LogP) is 4.56. The van der Waals surface area contributed by atoms with Crippen molar-refractivity contribution in [1.29, 1.82) is 0 Å². The fourth-order valence-corrected chi connectivity index (χ4v) is 4.08. The molecule has 6 nitrogen and oxygen atoms in total. The van der Waals surface area contributed by atoms with Crippen LogP contribution in [0.15, 0.2) is 52.2 Å². The van der Waals surface area contributed by atoms with E-state index in [0.717, 1.165) is 29.7 Å². The molecule has 0 radical (unpaired) electrons. The number of amides is 1. The Morgan fingerprint density at radius 3 is 2.49 bits per heavy atom. The number of fused-ring (bicyclic) bond motifs is 1. The van der Waals surface area contributed by atoms with E-state index in [1.54, 1.807) is 6.07 Å². The van der Waals surface area contributed by atoms with Gasteiger partial charge in [0.2, 0.25) is 5.96 Å². The first-order chi connectivity index (χ1) is 16.6. The third-order valence-corrected chi connectivity index (χ3v) is 6.01. The molecule has 0 spiro atoms. The first kappa shape index (κ1) is 24.3. The van der Waals surface area contributed by atoms with Crippen molar-refractivity contribution in [1.82, 2.24) is 10.2 Å². The van der Waals surface area contributed by atoms with Gasteiger partial charge in [-0.2, -0.15) is 0 Å². The van der Waals surface area contributed by atoms with Crippen LogP contribution in [0.4, 0.5) is 23.2 Å². The molecule has 1 amide bonds. The molecule has 2 N–H and O–H groups in total. The lowest BCUT2D eigenvalue weighted by atomic mass is 10.0. The van der Waals surface area contributed by atoms with E-state index in [0.29, 0.717) is 11.3 Å². The van der Waals surface area contributed by atoms with Gasteiger partial charge in [-0.05, 0) is 61.2 Å². The number of hydrogen-bond donors (Lipinski definition) is 2. The normalized spacial score (nSPS) is 17.1. The van der Waals surface area contributed by atoms with Gasteiger partial charge in [0.25, 0.3) is 5.91 Å². The Bertz CT molecular complexity index is 1280. The maximum absolute atomic E-state index is 14.6. The van der Waals surface area contributed by atoms with Crippen molar-refractivity contribution in [2.24, 2.45) is 4.99 Å². The summed E-state index contributed by atoms with van der Waals surface area (Å²) < 4.78 is 60.1. The van der Waals surface area contributed by atoms with E-state index >= 15 is 0 Å². The average molecular weight is 488 g/mol. The summed E-state index contributed by atoms with van der Waals surface area (Å²) in [6.07, 6.45) is 2.65. The number of carbonyl (C=O) groups is 1. The molecule has 1 atom stereocenters. The van der Waals surface area contributed by atoms with Gasteiger partial charge in [0, 0.05) is 30.1 Å². The van der Waals surface area contributed by atoms with E-state index < -0.39 is 29.2 Å². The quantitative estimate of drug-likeness (QED) is 0.280. The van der Waals surface area contributed by atoms with E-state index in [9.17, 15) is 22.4 Å². The number of ether oxygens (including phenoxy) is 1. The number of carbonyl (C=O) groups excluding carboxylic acids is 1. The van der Waals surface area contributed by atoms with Crippen LogP contribution in [0.3, 0.4) is 0 Å². The molecule has 1 fully saturated rings. The molecule has 184 valence electrons. The molecular formula is C25H24F4N4O2. The molecule has 0 bridgehead atoms. The number of benzene rings is 2. The summed E-state index contributed by atoms with van der Waals surface area (Å²) in [5.74, 6) is -5.30. The summed E-state index contributed by atoms with van der Waals surface area (Å²) in [5, 5.41) is 5.57. The summed E-state index contributed by atoms with van der Waals surface area (Å²) in [5.41, 5.74) is 2.88. The van der Waals surface area contributed by atoms with Crippen LogP contribution in [0.2, 0.25) is 0 Å². The van der Waals surface area contributed by atoms with Crippen molar-refractivity contribution >= 4 is 17.6 Å². The first-order valence-corrected chi connectivity index (χ1v) is 10.8.